The van der Waals surface area contributed by atoms with Gasteiger partial charge in [-0.2, -0.15) is 0 Å². The van der Waals surface area contributed by atoms with Gasteiger partial charge in [0.15, 0.2) is 0 Å². The summed E-state index contributed by atoms with van der Waals surface area (Å²) in [5.74, 6) is 0. The molecule has 0 saturated carbocycles. The second-order valence-electron chi connectivity index (χ2n) is 12.4. The first-order valence-electron chi connectivity index (χ1n) is 17.4. The van der Waals surface area contributed by atoms with Crippen molar-refractivity contribution in [3.05, 3.63) is 182 Å². The molecule has 0 atom stereocenters. The van der Waals surface area contributed by atoms with Crippen LogP contribution in [0.5, 0.6) is 0 Å². The van der Waals surface area contributed by atoms with E-state index in [0.29, 0.717) is 0 Å². The monoisotopic (exact) mass is 626 g/mol. The predicted molar refractivity (Wildman–Crippen MR) is 209 cm³/mol. The van der Waals surface area contributed by atoms with Crippen molar-refractivity contribution < 1.29 is 0 Å². The summed E-state index contributed by atoms with van der Waals surface area (Å²) >= 11 is 0. The van der Waals surface area contributed by atoms with Gasteiger partial charge in [0.1, 0.15) is 0 Å². The molecule has 0 aliphatic heterocycles. The van der Waals surface area contributed by atoms with E-state index in [1.165, 1.54) is 33.3 Å². The fraction of sp³-hybridized carbons (Fsp3) is 0.174. The molecule has 0 saturated heterocycles. The Morgan fingerprint density at radius 2 is 0.688 bits per heavy atom. The highest BCUT2D eigenvalue weighted by Crippen LogP contribution is 2.42. The molecule has 2 heteroatoms. The highest BCUT2D eigenvalue weighted by atomic mass is 15.1. The maximum atomic E-state index is 3.98. The summed E-state index contributed by atoms with van der Waals surface area (Å²) in [6.07, 6.45) is 12.6. The Hall–Kier alpha value is -5.34. The minimum Gasteiger partial charge on any atom is -0.310 e. The number of hydrogen-bond acceptors (Lipinski definition) is 2. The van der Waals surface area contributed by atoms with Crippen LogP contribution in [0.25, 0.3) is 10.8 Å². The van der Waals surface area contributed by atoms with Crippen molar-refractivity contribution >= 4 is 44.9 Å². The van der Waals surface area contributed by atoms with Gasteiger partial charge in [0.2, 0.25) is 0 Å². The maximum absolute atomic E-state index is 3.98. The number of anilines is 6. The third-order valence-corrected chi connectivity index (χ3v) is 8.99. The number of allylic oxidation sites excluding steroid dienone is 2. The van der Waals surface area contributed by atoms with Gasteiger partial charge in [-0.1, -0.05) is 84.9 Å². The fourth-order valence-electron chi connectivity index (χ4n) is 6.66. The summed E-state index contributed by atoms with van der Waals surface area (Å²) in [5, 5.41) is 2.68. The third kappa shape index (κ3) is 7.78. The number of aryl methyl sites for hydroxylation is 2. The Morgan fingerprint density at radius 1 is 0.375 bits per heavy atom. The van der Waals surface area contributed by atoms with Crippen LogP contribution in [0.15, 0.2) is 171 Å². The normalized spacial score (nSPS) is 10.9. The minimum absolute atomic E-state index is 1.01. The Morgan fingerprint density at radius 3 is 0.979 bits per heavy atom. The van der Waals surface area contributed by atoms with E-state index in [1.54, 1.807) is 0 Å². The van der Waals surface area contributed by atoms with Gasteiger partial charge in [-0.25, -0.2) is 0 Å². The van der Waals surface area contributed by atoms with Gasteiger partial charge >= 0.3 is 0 Å². The molecule has 6 rings (SSSR count). The third-order valence-electron chi connectivity index (χ3n) is 8.99. The Kier molecular flexibility index (Phi) is 11.2. The van der Waals surface area contributed by atoms with Crippen LogP contribution in [0.2, 0.25) is 0 Å². The molecule has 240 valence electrons. The Labute approximate surface area is 287 Å². The molecule has 0 bridgehead atoms. The number of hydrogen-bond donors (Lipinski definition) is 0. The Balaban J connectivity index is 1.59. The molecule has 2 nitrogen and oxygen atoms in total. The zero-order valence-electron chi connectivity index (χ0n) is 28.0. The van der Waals surface area contributed by atoms with Gasteiger partial charge in [0, 0.05) is 34.1 Å². The molecule has 0 spiro atoms. The second kappa shape index (κ2) is 16.5. The first-order chi connectivity index (χ1) is 23.8. The fourth-order valence-corrected chi connectivity index (χ4v) is 6.66. The Bertz CT molecular complexity index is 1680. The first-order valence-corrected chi connectivity index (χ1v) is 17.4. The van der Waals surface area contributed by atoms with Gasteiger partial charge in [0.05, 0.1) is 0 Å². The minimum atomic E-state index is 1.01. The topological polar surface area (TPSA) is 6.48 Å². The van der Waals surface area contributed by atoms with Crippen LogP contribution < -0.4 is 9.80 Å². The lowest BCUT2D eigenvalue weighted by molar-refractivity contribution is 0.748. The van der Waals surface area contributed by atoms with E-state index in [0.717, 1.165) is 74.1 Å². The predicted octanol–water partition coefficient (Wildman–Crippen LogP) is 13.6. The van der Waals surface area contributed by atoms with Gasteiger partial charge in [-0.05, 0) is 146 Å². The number of fused-ring (bicyclic) bond motifs is 1. The molecule has 0 amide bonds. The number of unbranched alkanes of at least 4 members (excludes halogenated alkanes) is 4. The van der Waals surface area contributed by atoms with E-state index in [1.807, 2.05) is 12.2 Å². The van der Waals surface area contributed by atoms with E-state index in [9.17, 15) is 0 Å². The van der Waals surface area contributed by atoms with Gasteiger partial charge in [-0.15, -0.1) is 13.2 Å². The number of para-hydroxylation sites is 4. The summed E-state index contributed by atoms with van der Waals surface area (Å²) in [7, 11) is 0. The lowest BCUT2D eigenvalue weighted by Gasteiger charge is -2.29. The summed E-state index contributed by atoms with van der Waals surface area (Å²) in [5.41, 5.74) is 9.79. The summed E-state index contributed by atoms with van der Waals surface area (Å²) in [6.45, 7) is 7.97. The van der Waals surface area contributed by atoms with Crippen LogP contribution in [0.3, 0.4) is 0 Å². The van der Waals surface area contributed by atoms with Crippen LogP contribution in [0, 0.1) is 0 Å². The summed E-state index contributed by atoms with van der Waals surface area (Å²) in [6, 6.07) is 52.8. The summed E-state index contributed by atoms with van der Waals surface area (Å²) < 4.78 is 0. The molecule has 6 aromatic rings. The lowest BCUT2D eigenvalue weighted by atomic mass is 9.92. The molecule has 0 aromatic heterocycles. The van der Waals surface area contributed by atoms with Crippen molar-refractivity contribution in [2.75, 3.05) is 9.80 Å². The van der Waals surface area contributed by atoms with Crippen molar-refractivity contribution in [1.29, 1.82) is 0 Å². The molecular weight excluding hydrogens is 581 g/mol. The van der Waals surface area contributed by atoms with E-state index in [-0.39, 0.29) is 0 Å². The number of nitrogens with zero attached hydrogens (tertiary/aromatic N) is 2. The molecule has 0 radical (unpaired) electrons. The standard InChI is InChI=1S/C46H46N2/c1-3-5-7-13-23-37-33-43(47(39-25-15-9-16-26-39)40-27-17-10-18-28-40)36-46-38(24-14-8-6-4-2)34-44(35-45(37)46)48(41-29-19-11-20-30-41)42-31-21-12-22-32-42/h3-4,9-12,15-22,25-36H,1-2,5-8,13-14,23-24H2. The van der Waals surface area contributed by atoms with Crippen LogP contribution in [0.1, 0.15) is 49.7 Å². The van der Waals surface area contributed by atoms with Crippen molar-refractivity contribution in [1.82, 2.24) is 0 Å². The van der Waals surface area contributed by atoms with Gasteiger partial charge in [-0.3, -0.25) is 0 Å². The molecule has 0 aliphatic rings. The second-order valence-corrected chi connectivity index (χ2v) is 12.4. The van der Waals surface area contributed by atoms with E-state index in [2.05, 4.69) is 169 Å². The molecule has 6 aromatic carbocycles. The van der Waals surface area contributed by atoms with Crippen LogP contribution in [-0.2, 0) is 12.8 Å². The SMILES string of the molecule is C=CCCCCc1cc(N(c2ccccc2)c2ccccc2)cc2c(CCCCC=C)cc(N(c3ccccc3)c3ccccc3)cc12. The number of rotatable bonds is 16. The van der Waals surface area contributed by atoms with E-state index in [4.69, 9.17) is 0 Å². The van der Waals surface area contributed by atoms with Crippen molar-refractivity contribution in [2.45, 2.75) is 51.4 Å². The first kappa shape index (κ1) is 32.6. The average molecular weight is 627 g/mol. The average Bonchev–Trinajstić information content (AvgIpc) is 3.14. The zero-order chi connectivity index (χ0) is 33.0. The smallest absolute Gasteiger partial charge is 0.0470 e. The zero-order valence-corrected chi connectivity index (χ0v) is 28.0. The van der Waals surface area contributed by atoms with E-state index >= 15 is 0 Å². The van der Waals surface area contributed by atoms with Crippen molar-refractivity contribution in [2.24, 2.45) is 0 Å². The maximum Gasteiger partial charge on any atom is 0.0470 e. The molecule has 0 heterocycles. The lowest BCUT2D eigenvalue weighted by Crippen LogP contribution is -2.12. The van der Waals surface area contributed by atoms with Crippen LogP contribution in [0.4, 0.5) is 34.1 Å². The molecular formula is C46H46N2. The largest absolute Gasteiger partial charge is 0.310 e. The molecule has 48 heavy (non-hydrogen) atoms. The molecule has 0 fully saturated rings. The highest BCUT2D eigenvalue weighted by Gasteiger charge is 2.20. The van der Waals surface area contributed by atoms with Gasteiger partial charge < -0.3 is 9.80 Å². The van der Waals surface area contributed by atoms with Gasteiger partial charge in [0.25, 0.3) is 0 Å². The summed E-state index contributed by atoms with van der Waals surface area (Å²) in [4.78, 5) is 4.81. The molecule has 0 unspecified atom stereocenters. The van der Waals surface area contributed by atoms with Crippen molar-refractivity contribution in [3.8, 4) is 0 Å². The number of benzene rings is 6. The van der Waals surface area contributed by atoms with Crippen LogP contribution >= 0.6 is 0 Å². The van der Waals surface area contributed by atoms with Crippen LogP contribution in [-0.4, -0.2) is 0 Å². The molecule has 0 N–H and O–H groups in total. The van der Waals surface area contributed by atoms with Crippen molar-refractivity contribution in [3.63, 3.8) is 0 Å². The highest BCUT2D eigenvalue weighted by molar-refractivity contribution is 5.97. The molecule has 0 aliphatic carbocycles. The quantitative estimate of drug-likeness (QED) is 0.0779. The van der Waals surface area contributed by atoms with E-state index < -0.39 is 0 Å².